The predicted octanol–water partition coefficient (Wildman–Crippen LogP) is 2.28. The fourth-order valence-electron chi connectivity index (χ4n) is 2.46. The minimum absolute atomic E-state index is 0.146. The number of carbonyl (C=O) groups is 1. The van der Waals surface area contributed by atoms with E-state index in [1.165, 1.54) is 16.8 Å². The molecule has 0 aliphatic carbocycles. The standard InChI is InChI=1S/C16H20FN5O3/c1-4-13(16(23)18-9-11-5-7-12(17)8-6-11)19-15-14(22(24)25)10(2)20-21(15)3/h5-8,13,19H,4,9H2,1-3H3,(H,18,23). The van der Waals surface area contributed by atoms with Crippen molar-refractivity contribution in [2.75, 3.05) is 5.32 Å². The first-order valence-corrected chi connectivity index (χ1v) is 7.80. The first kappa shape index (κ1) is 18.4. The Morgan fingerprint density at radius 1 is 1.40 bits per heavy atom. The molecule has 134 valence electrons. The predicted molar refractivity (Wildman–Crippen MR) is 90.5 cm³/mol. The number of rotatable bonds is 7. The molecule has 1 atom stereocenters. The Kier molecular flexibility index (Phi) is 5.68. The SMILES string of the molecule is CCC(Nc1c([N+](=O)[O-])c(C)nn1C)C(=O)NCc1ccc(F)cc1. The van der Waals surface area contributed by atoms with Crippen LogP contribution in [0.2, 0.25) is 0 Å². The molecule has 2 N–H and O–H groups in total. The summed E-state index contributed by atoms with van der Waals surface area (Å²) < 4.78 is 14.2. The second-order valence-corrected chi connectivity index (χ2v) is 5.61. The van der Waals surface area contributed by atoms with Crippen molar-refractivity contribution in [1.29, 1.82) is 0 Å². The highest BCUT2D eigenvalue weighted by Gasteiger charge is 2.27. The van der Waals surface area contributed by atoms with Crippen molar-refractivity contribution in [2.45, 2.75) is 32.9 Å². The molecular formula is C16H20FN5O3. The lowest BCUT2D eigenvalue weighted by atomic mass is 10.2. The van der Waals surface area contributed by atoms with E-state index in [-0.39, 0.29) is 35.5 Å². The van der Waals surface area contributed by atoms with E-state index < -0.39 is 11.0 Å². The molecule has 0 saturated carbocycles. The van der Waals surface area contributed by atoms with Crippen LogP contribution in [0.5, 0.6) is 0 Å². The highest BCUT2D eigenvalue weighted by Crippen LogP contribution is 2.28. The van der Waals surface area contributed by atoms with E-state index in [2.05, 4.69) is 15.7 Å². The zero-order chi connectivity index (χ0) is 18.6. The first-order valence-electron chi connectivity index (χ1n) is 7.80. The van der Waals surface area contributed by atoms with Crippen LogP contribution in [0, 0.1) is 22.9 Å². The van der Waals surface area contributed by atoms with Crippen LogP contribution >= 0.6 is 0 Å². The molecule has 1 aromatic heterocycles. The van der Waals surface area contributed by atoms with Crippen molar-refractivity contribution in [3.63, 3.8) is 0 Å². The van der Waals surface area contributed by atoms with Gasteiger partial charge in [0.05, 0.1) is 4.92 Å². The van der Waals surface area contributed by atoms with Crippen molar-refractivity contribution >= 4 is 17.4 Å². The number of carbonyl (C=O) groups excluding carboxylic acids is 1. The van der Waals surface area contributed by atoms with Gasteiger partial charge in [-0.25, -0.2) is 9.07 Å². The third kappa shape index (κ3) is 4.31. The third-order valence-corrected chi connectivity index (χ3v) is 3.79. The molecule has 0 spiro atoms. The summed E-state index contributed by atoms with van der Waals surface area (Å²) in [7, 11) is 1.57. The lowest BCUT2D eigenvalue weighted by Gasteiger charge is -2.17. The Hall–Kier alpha value is -2.97. The Bertz CT molecular complexity index is 773. The van der Waals surface area contributed by atoms with Crippen molar-refractivity contribution in [2.24, 2.45) is 7.05 Å². The average Bonchev–Trinajstić information content (AvgIpc) is 2.85. The van der Waals surface area contributed by atoms with Crippen LogP contribution in [0.1, 0.15) is 24.6 Å². The maximum Gasteiger partial charge on any atom is 0.333 e. The Morgan fingerprint density at radius 3 is 2.60 bits per heavy atom. The minimum Gasteiger partial charge on any atom is -0.353 e. The lowest BCUT2D eigenvalue weighted by molar-refractivity contribution is -0.384. The van der Waals surface area contributed by atoms with Gasteiger partial charge in [0.2, 0.25) is 11.7 Å². The van der Waals surface area contributed by atoms with Gasteiger partial charge >= 0.3 is 5.69 Å². The molecule has 9 heteroatoms. The molecule has 0 fully saturated rings. The van der Waals surface area contributed by atoms with Crippen molar-refractivity contribution in [3.8, 4) is 0 Å². The zero-order valence-corrected chi connectivity index (χ0v) is 14.2. The number of nitro groups is 1. The second-order valence-electron chi connectivity index (χ2n) is 5.61. The molecule has 0 aliphatic heterocycles. The van der Waals surface area contributed by atoms with Gasteiger partial charge in [0.15, 0.2) is 0 Å². The molecule has 0 saturated heterocycles. The van der Waals surface area contributed by atoms with Gasteiger partial charge in [-0.3, -0.25) is 14.9 Å². The molecule has 0 aliphatic rings. The number of benzene rings is 1. The van der Waals surface area contributed by atoms with E-state index in [4.69, 9.17) is 0 Å². The van der Waals surface area contributed by atoms with Gasteiger partial charge in [0.1, 0.15) is 17.6 Å². The Balaban J connectivity index is 2.08. The summed E-state index contributed by atoms with van der Waals surface area (Å²) in [6.07, 6.45) is 0.427. The minimum atomic E-state index is -0.658. The molecule has 1 unspecified atom stereocenters. The zero-order valence-electron chi connectivity index (χ0n) is 14.2. The van der Waals surface area contributed by atoms with Crippen LogP contribution in [0.4, 0.5) is 15.9 Å². The number of aryl methyl sites for hydroxylation is 2. The third-order valence-electron chi connectivity index (χ3n) is 3.79. The van der Waals surface area contributed by atoms with E-state index in [1.54, 1.807) is 33.0 Å². The van der Waals surface area contributed by atoms with Crippen molar-refractivity contribution in [1.82, 2.24) is 15.1 Å². The van der Waals surface area contributed by atoms with E-state index in [9.17, 15) is 19.3 Å². The molecule has 1 amide bonds. The topological polar surface area (TPSA) is 102 Å². The number of amides is 1. The summed E-state index contributed by atoms with van der Waals surface area (Å²) in [5, 5.41) is 20.9. The van der Waals surface area contributed by atoms with Crippen molar-refractivity contribution in [3.05, 3.63) is 51.5 Å². The maximum atomic E-state index is 12.9. The maximum absolute atomic E-state index is 12.9. The number of aromatic nitrogens is 2. The summed E-state index contributed by atoms with van der Waals surface area (Å²) >= 11 is 0. The van der Waals surface area contributed by atoms with Crippen molar-refractivity contribution < 1.29 is 14.1 Å². The molecule has 8 nitrogen and oxygen atoms in total. The van der Waals surface area contributed by atoms with Crippen LogP contribution in [-0.2, 0) is 18.4 Å². The van der Waals surface area contributed by atoms with Gasteiger partial charge in [-0.05, 0) is 31.0 Å². The summed E-state index contributed by atoms with van der Waals surface area (Å²) in [4.78, 5) is 23.1. The number of nitrogens with one attached hydrogen (secondary N) is 2. The number of nitrogens with zero attached hydrogens (tertiary/aromatic N) is 3. The molecule has 1 heterocycles. The van der Waals surface area contributed by atoms with Gasteiger partial charge in [-0.2, -0.15) is 5.10 Å². The fourth-order valence-corrected chi connectivity index (χ4v) is 2.46. The number of halogens is 1. The Morgan fingerprint density at radius 2 is 2.04 bits per heavy atom. The quantitative estimate of drug-likeness (QED) is 0.590. The van der Waals surface area contributed by atoms with Gasteiger partial charge in [0.25, 0.3) is 0 Å². The monoisotopic (exact) mass is 349 g/mol. The number of hydrogen-bond acceptors (Lipinski definition) is 5. The molecule has 25 heavy (non-hydrogen) atoms. The largest absolute Gasteiger partial charge is 0.353 e. The second kappa shape index (κ2) is 7.73. The summed E-state index contributed by atoms with van der Waals surface area (Å²) in [6, 6.07) is 5.14. The Labute approximate surface area is 144 Å². The highest BCUT2D eigenvalue weighted by atomic mass is 19.1. The van der Waals surface area contributed by atoms with Gasteiger partial charge in [-0.15, -0.1) is 0 Å². The molecule has 1 aromatic carbocycles. The van der Waals surface area contributed by atoms with Crippen LogP contribution in [0.25, 0.3) is 0 Å². The van der Waals surface area contributed by atoms with Crippen LogP contribution in [-0.4, -0.2) is 26.7 Å². The van der Waals surface area contributed by atoms with Crippen LogP contribution in [0.3, 0.4) is 0 Å². The van der Waals surface area contributed by atoms with E-state index in [0.717, 1.165) is 5.56 Å². The molecule has 2 rings (SSSR count). The van der Waals surface area contributed by atoms with E-state index in [1.807, 2.05) is 0 Å². The molecule has 0 bridgehead atoms. The first-order chi connectivity index (χ1) is 11.8. The van der Waals surface area contributed by atoms with Gasteiger partial charge in [-0.1, -0.05) is 19.1 Å². The summed E-state index contributed by atoms with van der Waals surface area (Å²) in [6.45, 7) is 3.58. The van der Waals surface area contributed by atoms with Crippen LogP contribution in [0.15, 0.2) is 24.3 Å². The summed E-state index contributed by atoms with van der Waals surface area (Å²) in [5.41, 5.74) is 0.885. The van der Waals surface area contributed by atoms with Gasteiger partial charge in [0, 0.05) is 13.6 Å². The summed E-state index contributed by atoms with van der Waals surface area (Å²) in [5.74, 6) is -0.465. The average molecular weight is 349 g/mol. The van der Waals surface area contributed by atoms with E-state index >= 15 is 0 Å². The molecular weight excluding hydrogens is 329 g/mol. The molecule has 0 radical (unpaired) electrons. The smallest absolute Gasteiger partial charge is 0.333 e. The lowest BCUT2D eigenvalue weighted by Crippen LogP contribution is -2.39. The normalized spacial score (nSPS) is 11.8. The van der Waals surface area contributed by atoms with Crippen LogP contribution < -0.4 is 10.6 Å². The number of anilines is 1. The molecule has 2 aromatic rings. The number of hydrogen-bond donors (Lipinski definition) is 2. The van der Waals surface area contributed by atoms with E-state index in [0.29, 0.717) is 6.42 Å². The van der Waals surface area contributed by atoms with Gasteiger partial charge < -0.3 is 10.6 Å². The highest BCUT2D eigenvalue weighted by molar-refractivity contribution is 5.85. The fraction of sp³-hybridized carbons (Fsp3) is 0.375.